The molecule has 1 aliphatic heterocycles. The van der Waals surface area contributed by atoms with Crippen LogP contribution >= 0.6 is 0 Å². The standard InChI is InChI=1S/C22H25FN2.C4H4O4/c1-24-12-14-25(15-13-24)11-10-17-8-9-22-20(17)6-3-7-21(22)18-4-2-5-19(23)16-18;5-3(6)1-2-4(7)8/h2-8,16H,9-15H2,1H3;1-2H,(H,5,6)(H,7,8)/b;2-1-. The summed E-state index contributed by atoms with van der Waals surface area (Å²) in [6.45, 7) is 5.79. The Balaban J connectivity index is 0.000000331. The number of carboxylic acids is 2. The molecule has 2 aromatic carbocycles. The molecule has 0 amide bonds. The first-order chi connectivity index (χ1) is 15.8. The molecule has 0 aromatic heterocycles. The molecular formula is C26H29FN2O4. The Morgan fingerprint density at radius 2 is 1.61 bits per heavy atom. The van der Waals surface area contributed by atoms with Gasteiger partial charge >= 0.3 is 11.9 Å². The Labute approximate surface area is 193 Å². The molecule has 7 heteroatoms. The number of hydrogen-bond acceptors (Lipinski definition) is 4. The highest BCUT2D eigenvalue weighted by Gasteiger charge is 2.20. The minimum Gasteiger partial charge on any atom is -0.478 e. The number of fused-ring (bicyclic) bond motifs is 1. The summed E-state index contributed by atoms with van der Waals surface area (Å²) >= 11 is 0. The third-order valence-electron chi connectivity index (χ3n) is 5.87. The Hall–Kier alpha value is -3.29. The molecule has 33 heavy (non-hydrogen) atoms. The maximum Gasteiger partial charge on any atom is 0.328 e. The van der Waals surface area contributed by atoms with Crippen molar-refractivity contribution in [2.45, 2.75) is 12.8 Å². The molecule has 174 valence electrons. The zero-order chi connectivity index (χ0) is 23.8. The highest BCUT2D eigenvalue weighted by atomic mass is 19.1. The minimum atomic E-state index is -1.26. The third kappa shape index (κ3) is 7.10. The van der Waals surface area contributed by atoms with Gasteiger partial charge in [0.25, 0.3) is 0 Å². The van der Waals surface area contributed by atoms with Gasteiger partial charge in [-0.25, -0.2) is 14.0 Å². The van der Waals surface area contributed by atoms with Gasteiger partial charge in [-0.1, -0.05) is 36.4 Å². The largest absolute Gasteiger partial charge is 0.478 e. The lowest BCUT2D eigenvalue weighted by Gasteiger charge is -2.32. The fourth-order valence-corrected chi connectivity index (χ4v) is 4.10. The molecule has 2 N–H and O–H groups in total. The second kappa shape index (κ2) is 11.5. The molecule has 2 aliphatic rings. The number of hydrogen-bond donors (Lipinski definition) is 2. The fourth-order valence-electron chi connectivity index (χ4n) is 4.10. The van der Waals surface area contributed by atoms with Crippen molar-refractivity contribution in [2.75, 3.05) is 39.8 Å². The van der Waals surface area contributed by atoms with E-state index in [9.17, 15) is 14.0 Å². The first-order valence-corrected chi connectivity index (χ1v) is 11.0. The number of halogens is 1. The van der Waals surface area contributed by atoms with Crippen molar-refractivity contribution in [3.63, 3.8) is 0 Å². The van der Waals surface area contributed by atoms with Gasteiger partial charge in [0.2, 0.25) is 0 Å². The Morgan fingerprint density at radius 3 is 2.24 bits per heavy atom. The maximum absolute atomic E-state index is 13.6. The summed E-state index contributed by atoms with van der Waals surface area (Å²) in [5.74, 6) is -2.68. The van der Waals surface area contributed by atoms with Crippen molar-refractivity contribution < 1.29 is 24.2 Å². The molecule has 6 nitrogen and oxygen atoms in total. The van der Waals surface area contributed by atoms with Gasteiger partial charge in [-0.3, -0.25) is 0 Å². The van der Waals surface area contributed by atoms with Crippen molar-refractivity contribution in [1.82, 2.24) is 9.80 Å². The molecule has 0 atom stereocenters. The summed E-state index contributed by atoms with van der Waals surface area (Å²) in [4.78, 5) is 24.1. The number of benzene rings is 2. The van der Waals surface area contributed by atoms with Gasteiger partial charge < -0.3 is 20.0 Å². The zero-order valence-corrected chi connectivity index (χ0v) is 18.7. The molecule has 0 bridgehead atoms. The highest BCUT2D eigenvalue weighted by Crippen LogP contribution is 2.36. The van der Waals surface area contributed by atoms with Crippen LogP contribution in [0.25, 0.3) is 16.7 Å². The van der Waals surface area contributed by atoms with E-state index in [4.69, 9.17) is 10.2 Å². The monoisotopic (exact) mass is 452 g/mol. The van der Waals surface area contributed by atoms with E-state index in [2.05, 4.69) is 41.1 Å². The van der Waals surface area contributed by atoms with Crippen LogP contribution in [0.15, 0.2) is 60.7 Å². The normalized spacial score (nSPS) is 16.1. The highest BCUT2D eigenvalue weighted by molar-refractivity contribution is 5.89. The van der Waals surface area contributed by atoms with Crippen LogP contribution in [0.2, 0.25) is 0 Å². The number of aliphatic carboxylic acids is 2. The van der Waals surface area contributed by atoms with E-state index in [-0.39, 0.29) is 5.82 Å². The van der Waals surface area contributed by atoms with Gasteiger partial charge in [0, 0.05) is 44.9 Å². The Kier molecular flexibility index (Phi) is 8.52. The van der Waals surface area contributed by atoms with Crippen LogP contribution in [0.4, 0.5) is 4.39 Å². The van der Waals surface area contributed by atoms with Crippen molar-refractivity contribution in [1.29, 1.82) is 0 Å². The van der Waals surface area contributed by atoms with Crippen LogP contribution in [-0.2, 0) is 16.0 Å². The second-order valence-corrected chi connectivity index (χ2v) is 8.18. The van der Waals surface area contributed by atoms with Crippen LogP contribution in [-0.4, -0.2) is 71.7 Å². The van der Waals surface area contributed by atoms with Crippen LogP contribution in [0.3, 0.4) is 0 Å². The molecule has 1 aliphatic carbocycles. The summed E-state index contributed by atoms with van der Waals surface area (Å²) in [5, 5.41) is 15.6. The van der Waals surface area contributed by atoms with E-state index in [1.165, 1.54) is 54.5 Å². The van der Waals surface area contributed by atoms with Gasteiger partial charge in [0.15, 0.2) is 0 Å². The zero-order valence-electron chi connectivity index (χ0n) is 18.7. The average Bonchev–Trinajstić information content (AvgIpc) is 3.21. The topological polar surface area (TPSA) is 81.1 Å². The van der Waals surface area contributed by atoms with Crippen LogP contribution in [0, 0.1) is 5.82 Å². The fraction of sp³-hybridized carbons (Fsp3) is 0.308. The lowest BCUT2D eigenvalue weighted by molar-refractivity contribution is -0.134. The molecule has 0 radical (unpaired) electrons. The van der Waals surface area contributed by atoms with Crippen molar-refractivity contribution >= 4 is 17.5 Å². The smallest absolute Gasteiger partial charge is 0.328 e. The summed E-state index contributed by atoms with van der Waals surface area (Å²) in [5.41, 5.74) is 6.30. The summed E-state index contributed by atoms with van der Waals surface area (Å²) < 4.78 is 13.6. The van der Waals surface area contributed by atoms with Gasteiger partial charge in [0.05, 0.1) is 0 Å². The lowest BCUT2D eigenvalue weighted by Crippen LogP contribution is -2.44. The Morgan fingerprint density at radius 1 is 0.970 bits per heavy atom. The average molecular weight is 453 g/mol. The number of piperazine rings is 1. The predicted octanol–water partition coefficient (Wildman–Crippen LogP) is 3.78. The molecule has 0 saturated carbocycles. The van der Waals surface area contributed by atoms with Crippen molar-refractivity contribution in [3.8, 4) is 11.1 Å². The number of nitrogens with zero attached hydrogens (tertiary/aromatic N) is 2. The van der Waals surface area contributed by atoms with E-state index in [0.717, 1.165) is 24.9 Å². The molecule has 4 rings (SSSR count). The van der Waals surface area contributed by atoms with Gasteiger partial charge in [-0.15, -0.1) is 0 Å². The first-order valence-electron chi connectivity index (χ1n) is 11.0. The number of carboxylic acid groups (broad SMARTS) is 2. The third-order valence-corrected chi connectivity index (χ3v) is 5.87. The van der Waals surface area contributed by atoms with Gasteiger partial charge in [-0.2, -0.15) is 0 Å². The Bertz CT molecular complexity index is 1040. The number of likely N-dealkylation sites (N-methyl/N-ethyl adjacent to an activating group) is 1. The SMILES string of the molecule is CN1CCN(CCC2=CCc3c2cccc3-c2cccc(F)c2)CC1.O=C(O)/C=C\C(=O)O. The molecular weight excluding hydrogens is 423 g/mol. The lowest BCUT2D eigenvalue weighted by atomic mass is 9.94. The molecule has 0 unspecified atom stereocenters. The maximum atomic E-state index is 13.6. The van der Waals surface area contributed by atoms with Gasteiger partial charge in [0.1, 0.15) is 5.82 Å². The second-order valence-electron chi connectivity index (χ2n) is 8.18. The van der Waals surface area contributed by atoms with Crippen molar-refractivity contribution in [3.05, 3.63) is 77.6 Å². The summed E-state index contributed by atoms with van der Waals surface area (Å²) in [7, 11) is 2.20. The number of rotatable bonds is 6. The molecule has 2 aromatic rings. The van der Waals surface area contributed by atoms with E-state index in [1.54, 1.807) is 12.1 Å². The van der Waals surface area contributed by atoms with E-state index >= 15 is 0 Å². The minimum absolute atomic E-state index is 0.170. The number of allylic oxidation sites excluding steroid dienone is 1. The van der Waals surface area contributed by atoms with Crippen LogP contribution in [0.1, 0.15) is 17.5 Å². The summed E-state index contributed by atoms with van der Waals surface area (Å²) in [6, 6.07) is 13.4. The summed E-state index contributed by atoms with van der Waals surface area (Å²) in [6.07, 6.45) is 5.54. The molecule has 1 heterocycles. The van der Waals surface area contributed by atoms with Crippen molar-refractivity contribution in [2.24, 2.45) is 0 Å². The predicted molar refractivity (Wildman–Crippen MR) is 126 cm³/mol. The molecule has 1 saturated heterocycles. The molecule has 0 spiro atoms. The quantitative estimate of drug-likeness (QED) is 0.650. The van der Waals surface area contributed by atoms with E-state index < -0.39 is 11.9 Å². The van der Waals surface area contributed by atoms with E-state index in [0.29, 0.717) is 12.2 Å². The van der Waals surface area contributed by atoms with Crippen LogP contribution < -0.4 is 0 Å². The molecule has 1 fully saturated rings. The first kappa shape index (κ1) is 24.4. The van der Waals surface area contributed by atoms with Crippen LogP contribution in [0.5, 0.6) is 0 Å². The van der Waals surface area contributed by atoms with Gasteiger partial charge in [-0.05, 0) is 59.8 Å². The van der Waals surface area contributed by atoms with E-state index in [1.807, 2.05) is 6.07 Å². The number of carbonyl (C=O) groups is 2.